The van der Waals surface area contributed by atoms with Crippen LogP contribution in [0.1, 0.15) is 13.3 Å². The summed E-state index contributed by atoms with van der Waals surface area (Å²) in [5.41, 5.74) is 0.971. The minimum absolute atomic E-state index is 0.904. The third-order valence-electron chi connectivity index (χ3n) is 0.898. The highest BCUT2D eigenvalue weighted by atomic mass is 15.2. The Balaban J connectivity index is 2.73. The van der Waals surface area contributed by atoms with Gasteiger partial charge < -0.3 is 0 Å². The van der Waals surface area contributed by atoms with E-state index in [-0.39, 0.29) is 0 Å². The molecule has 0 aromatic heterocycles. The average molecular weight is 108 g/mol. The van der Waals surface area contributed by atoms with Crippen molar-refractivity contribution in [1.82, 2.24) is 0 Å². The normalized spacial score (nSPS) is 17.9. The topological polar surface area (TPSA) is 24.7 Å². The third-order valence-corrected chi connectivity index (χ3v) is 0.898. The fraction of sp³-hybridized carbons (Fsp3) is 0.333. The van der Waals surface area contributed by atoms with Crippen molar-refractivity contribution in [2.45, 2.75) is 13.3 Å². The van der Waals surface area contributed by atoms with Gasteiger partial charge in [-0.05, 0) is 13.0 Å². The van der Waals surface area contributed by atoms with E-state index in [1.165, 1.54) is 0 Å². The van der Waals surface area contributed by atoms with Crippen LogP contribution in [0, 0.1) is 0 Å². The molecule has 0 radical (unpaired) electrons. The Morgan fingerprint density at radius 1 is 1.62 bits per heavy atom. The van der Waals surface area contributed by atoms with E-state index in [1.54, 1.807) is 6.21 Å². The van der Waals surface area contributed by atoms with Gasteiger partial charge in [-0.15, -0.1) is 0 Å². The number of hydrogen-bond donors (Lipinski definition) is 0. The molecule has 0 aromatic carbocycles. The molecule has 1 heterocycles. The predicted octanol–water partition coefficient (Wildman–Crippen LogP) is 1.39. The standard InChI is InChI=1S/C6H8N2/c1-6-4-2-3-5-7-8-6/h2,4-5H,3H2,1H3. The molecule has 0 aliphatic carbocycles. The van der Waals surface area contributed by atoms with E-state index in [4.69, 9.17) is 0 Å². The van der Waals surface area contributed by atoms with Gasteiger partial charge in [0.05, 0.1) is 5.71 Å². The lowest BCUT2D eigenvalue weighted by molar-refractivity contribution is 1.24. The second-order valence-corrected chi connectivity index (χ2v) is 1.68. The van der Waals surface area contributed by atoms with Crippen LogP contribution in [0.15, 0.2) is 22.4 Å². The van der Waals surface area contributed by atoms with Crippen LogP contribution < -0.4 is 0 Å². The van der Waals surface area contributed by atoms with Crippen LogP contribution in [0.25, 0.3) is 0 Å². The van der Waals surface area contributed by atoms with Gasteiger partial charge in [-0.3, -0.25) is 0 Å². The van der Waals surface area contributed by atoms with Gasteiger partial charge in [0.1, 0.15) is 0 Å². The Morgan fingerprint density at radius 2 is 2.50 bits per heavy atom. The Hall–Kier alpha value is -0.920. The zero-order valence-electron chi connectivity index (χ0n) is 4.83. The maximum Gasteiger partial charge on any atom is 0.0596 e. The van der Waals surface area contributed by atoms with Crippen LogP contribution in [-0.4, -0.2) is 11.9 Å². The fourth-order valence-electron chi connectivity index (χ4n) is 0.512. The molecule has 0 amide bonds. The summed E-state index contributed by atoms with van der Waals surface area (Å²) >= 11 is 0. The summed E-state index contributed by atoms with van der Waals surface area (Å²) in [6.45, 7) is 1.93. The highest BCUT2D eigenvalue weighted by molar-refractivity contribution is 5.93. The first kappa shape index (κ1) is 5.22. The summed E-state index contributed by atoms with van der Waals surface area (Å²) < 4.78 is 0. The van der Waals surface area contributed by atoms with Crippen molar-refractivity contribution in [3.05, 3.63) is 12.2 Å². The van der Waals surface area contributed by atoms with Crippen LogP contribution in [0.4, 0.5) is 0 Å². The van der Waals surface area contributed by atoms with Crippen LogP contribution in [0.2, 0.25) is 0 Å². The van der Waals surface area contributed by atoms with Crippen LogP contribution in [0.3, 0.4) is 0 Å². The summed E-state index contributed by atoms with van der Waals surface area (Å²) in [5, 5.41) is 7.58. The Morgan fingerprint density at radius 3 is 3.38 bits per heavy atom. The number of rotatable bonds is 0. The number of nitrogens with zero attached hydrogens (tertiary/aromatic N) is 2. The second kappa shape index (κ2) is 2.40. The molecule has 1 aliphatic heterocycles. The summed E-state index contributed by atoms with van der Waals surface area (Å²) in [7, 11) is 0. The highest BCUT2D eigenvalue weighted by Crippen LogP contribution is 1.89. The minimum Gasteiger partial charge on any atom is -0.163 e. The average Bonchev–Trinajstić information content (AvgIpc) is 1.94. The first-order valence-electron chi connectivity index (χ1n) is 2.62. The molecule has 1 aliphatic rings. The lowest BCUT2D eigenvalue weighted by Crippen LogP contribution is -1.78. The largest absolute Gasteiger partial charge is 0.163 e. The number of allylic oxidation sites excluding steroid dienone is 2. The van der Waals surface area contributed by atoms with Gasteiger partial charge in [0.15, 0.2) is 0 Å². The third kappa shape index (κ3) is 1.30. The predicted molar refractivity (Wildman–Crippen MR) is 35.4 cm³/mol. The van der Waals surface area contributed by atoms with E-state index in [2.05, 4.69) is 10.2 Å². The monoisotopic (exact) mass is 108 g/mol. The maximum absolute atomic E-state index is 3.82. The zero-order chi connectivity index (χ0) is 5.82. The Kier molecular flexibility index (Phi) is 1.57. The van der Waals surface area contributed by atoms with Crippen LogP contribution >= 0.6 is 0 Å². The van der Waals surface area contributed by atoms with Crippen molar-refractivity contribution in [2.75, 3.05) is 0 Å². The molecule has 1 rings (SSSR count). The lowest BCUT2D eigenvalue weighted by Gasteiger charge is -1.78. The SMILES string of the molecule is CC1=NN=CCC=C1. The number of hydrogen-bond acceptors (Lipinski definition) is 2. The summed E-state index contributed by atoms with van der Waals surface area (Å²) in [4.78, 5) is 0. The van der Waals surface area contributed by atoms with Crippen molar-refractivity contribution in [2.24, 2.45) is 10.2 Å². The lowest BCUT2D eigenvalue weighted by atomic mass is 10.3. The van der Waals surface area contributed by atoms with E-state index >= 15 is 0 Å². The van der Waals surface area contributed by atoms with E-state index in [9.17, 15) is 0 Å². The summed E-state index contributed by atoms with van der Waals surface area (Å²) in [6.07, 6.45) is 6.69. The second-order valence-electron chi connectivity index (χ2n) is 1.68. The van der Waals surface area contributed by atoms with Crippen molar-refractivity contribution in [3.63, 3.8) is 0 Å². The zero-order valence-corrected chi connectivity index (χ0v) is 4.83. The van der Waals surface area contributed by atoms with Gasteiger partial charge in [-0.25, -0.2) is 0 Å². The maximum atomic E-state index is 3.82. The molecule has 0 saturated carbocycles. The highest BCUT2D eigenvalue weighted by Gasteiger charge is 1.83. The molecule has 0 fully saturated rings. The molecule has 8 heavy (non-hydrogen) atoms. The van der Waals surface area contributed by atoms with Crippen molar-refractivity contribution in [1.29, 1.82) is 0 Å². The molecule has 2 nitrogen and oxygen atoms in total. The van der Waals surface area contributed by atoms with Crippen LogP contribution in [0.5, 0.6) is 0 Å². The molecule has 0 saturated heterocycles. The molecule has 0 N–H and O–H groups in total. The van der Waals surface area contributed by atoms with Gasteiger partial charge in [-0.2, -0.15) is 10.2 Å². The van der Waals surface area contributed by atoms with E-state index < -0.39 is 0 Å². The molecule has 0 unspecified atom stereocenters. The van der Waals surface area contributed by atoms with Crippen LogP contribution in [-0.2, 0) is 0 Å². The smallest absolute Gasteiger partial charge is 0.0596 e. The molecule has 0 atom stereocenters. The van der Waals surface area contributed by atoms with Gasteiger partial charge in [-0.1, -0.05) is 6.08 Å². The first-order valence-corrected chi connectivity index (χ1v) is 2.62. The molecule has 0 aromatic rings. The Bertz CT molecular complexity index is 154. The minimum atomic E-state index is 0.904. The van der Waals surface area contributed by atoms with Gasteiger partial charge >= 0.3 is 0 Å². The van der Waals surface area contributed by atoms with Crippen molar-refractivity contribution < 1.29 is 0 Å². The van der Waals surface area contributed by atoms with Gasteiger partial charge in [0.2, 0.25) is 0 Å². The molecule has 2 heteroatoms. The molecule has 0 bridgehead atoms. The van der Waals surface area contributed by atoms with Gasteiger partial charge in [0, 0.05) is 12.6 Å². The summed E-state index contributed by atoms with van der Waals surface area (Å²) in [5.74, 6) is 0. The van der Waals surface area contributed by atoms with Crippen molar-refractivity contribution >= 4 is 11.9 Å². The van der Waals surface area contributed by atoms with E-state index in [0.717, 1.165) is 12.1 Å². The molecular weight excluding hydrogens is 100 g/mol. The van der Waals surface area contributed by atoms with Gasteiger partial charge in [0.25, 0.3) is 0 Å². The molecule has 0 spiro atoms. The molecule has 42 valence electrons. The fourth-order valence-corrected chi connectivity index (χ4v) is 0.512. The quantitative estimate of drug-likeness (QED) is 0.448. The summed E-state index contributed by atoms with van der Waals surface area (Å²) in [6, 6.07) is 0. The van der Waals surface area contributed by atoms with E-state index in [1.807, 2.05) is 19.1 Å². The Labute approximate surface area is 48.6 Å². The van der Waals surface area contributed by atoms with Crippen molar-refractivity contribution in [3.8, 4) is 0 Å². The first-order chi connectivity index (χ1) is 3.89. The molecular formula is C6H8N2. The van der Waals surface area contributed by atoms with E-state index in [0.29, 0.717) is 0 Å².